The molecule has 1 saturated heterocycles. The van der Waals surface area contributed by atoms with Crippen molar-refractivity contribution in [1.82, 2.24) is 29.2 Å². The van der Waals surface area contributed by atoms with Gasteiger partial charge in [-0.25, -0.2) is 15.0 Å². The fraction of sp³-hybridized carbons (Fsp3) is 0.350. The van der Waals surface area contributed by atoms with E-state index in [9.17, 15) is 0 Å². The van der Waals surface area contributed by atoms with Crippen molar-refractivity contribution < 1.29 is 0 Å². The third kappa shape index (κ3) is 3.08. The first kappa shape index (κ1) is 17.4. The summed E-state index contributed by atoms with van der Waals surface area (Å²) in [6, 6.07) is 2.11. The number of aromatic amines is 1. The van der Waals surface area contributed by atoms with Crippen molar-refractivity contribution in [3.05, 3.63) is 52.6 Å². The van der Waals surface area contributed by atoms with Gasteiger partial charge < -0.3 is 10.7 Å². The molecule has 0 radical (unpaired) electrons. The van der Waals surface area contributed by atoms with Crippen molar-refractivity contribution in [2.45, 2.75) is 32.2 Å². The van der Waals surface area contributed by atoms with Gasteiger partial charge in [-0.3, -0.25) is 9.30 Å². The number of aryl methyl sites for hydroxylation is 1. The Kier molecular flexibility index (Phi) is 4.37. The number of piperidine rings is 1. The fourth-order valence-electron chi connectivity index (χ4n) is 4.10. The van der Waals surface area contributed by atoms with Gasteiger partial charge in [-0.15, -0.1) is 11.3 Å². The number of nitrogens with zero attached hydrogens (tertiary/aromatic N) is 5. The van der Waals surface area contributed by atoms with Gasteiger partial charge in [0, 0.05) is 36.4 Å². The molecule has 5 rings (SSSR count). The van der Waals surface area contributed by atoms with Crippen LogP contribution in [0.15, 0.2) is 35.5 Å². The smallest absolute Gasteiger partial charge is 0.150 e. The number of thiazole rings is 1. The first-order valence-corrected chi connectivity index (χ1v) is 10.5. The monoisotopic (exact) mass is 393 g/mol. The van der Waals surface area contributed by atoms with Crippen LogP contribution in [-0.2, 0) is 6.54 Å². The second-order valence-electron chi connectivity index (χ2n) is 7.47. The van der Waals surface area contributed by atoms with E-state index in [4.69, 9.17) is 10.7 Å². The van der Waals surface area contributed by atoms with Crippen LogP contribution in [0.25, 0.3) is 16.9 Å². The van der Waals surface area contributed by atoms with E-state index in [1.165, 1.54) is 5.56 Å². The molecule has 28 heavy (non-hydrogen) atoms. The van der Waals surface area contributed by atoms with Crippen molar-refractivity contribution in [3.63, 3.8) is 0 Å². The van der Waals surface area contributed by atoms with Crippen LogP contribution < -0.4 is 5.73 Å². The standard InChI is InChI=1S/C20H23N7S/c1-13-8-16(23-9-13)17-18-19(21)22-4-7-27(18)20(25-17)14-2-5-26(6-3-14)10-15-11-28-12-24-15/h4,7-9,11-12,14,23H,2-3,5-6,10H2,1H3,(H2,21,22). The van der Waals surface area contributed by atoms with Crippen LogP contribution in [0, 0.1) is 6.92 Å². The Bertz CT molecular complexity index is 1090. The summed E-state index contributed by atoms with van der Waals surface area (Å²) in [4.78, 5) is 19.5. The molecule has 4 aromatic rings. The maximum Gasteiger partial charge on any atom is 0.150 e. The highest BCUT2D eigenvalue weighted by Crippen LogP contribution is 2.34. The number of aromatic nitrogens is 5. The van der Waals surface area contributed by atoms with Crippen LogP contribution in [0.1, 0.15) is 35.8 Å². The van der Waals surface area contributed by atoms with E-state index < -0.39 is 0 Å². The lowest BCUT2D eigenvalue weighted by Crippen LogP contribution is -2.33. The van der Waals surface area contributed by atoms with Gasteiger partial charge >= 0.3 is 0 Å². The highest BCUT2D eigenvalue weighted by atomic mass is 32.1. The molecule has 7 nitrogen and oxygen atoms in total. The summed E-state index contributed by atoms with van der Waals surface area (Å²) < 4.78 is 2.13. The van der Waals surface area contributed by atoms with E-state index in [1.807, 2.05) is 17.9 Å². The number of fused-ring (bicyclic) bond motifs is 1. The summed E-state index contributed by atoms with van der Waals surface area (Å²) in [7, 11) is 0. The second-order valence-corrected chi connectivity index (χ2v) is 8.19. The van der Waals surface area contributed by atoms with Crippen molar-refractivity contribution in [2.75, 3.05) is 18.8 Å². The van der Waals surface area contributed by atoms with Gasteiger partial charge in [0.1, 0.15) is 22.9 Å². The van der Waals surface area contributed by atoms with Gasteiger partial charge in [-0.2, -0.15) is 0 Å². The topological polar surface area (TPSA) is 88.1 Å². The molecular formula is C20H23N7S. The SMILES string of the molecule is Cc1c[nH]c(-c2nc(C3CCN(Cc4cscn4)CC3)n3ccnc(N)c23)c1. The van der Waals surface area contributed by atoms with Gasteiger partial charge in [0.05, 0.1) is 16.9 Å². The number of rotatable bonds is 4. The van der Waals surface area contributed by atoms with Crippen LogP contribution in [0.3, 0.4) is 0 Å². The van der Waals surface area contributed by atoms with E-state index in [1.54, 1.807) is 17.5 Å². The third-order valence-corrected chi connectivity index (χ3v) is 6.15. The van der Waals surface area contributed by atoms with Crippen molar-refractivity contribution in [2.24, 2.45) is 0 Å². The van der Waals surface area contributed by atoms with Crippen LogP contribution in [0.4, 0.5) is 5.82 Å². The predicted octanol–water partition coefficient (Wildman–Crippen LogP) is 3.45. The molecule has 1 fully saturated rings. The Labute approximate surface area is 167 Å². The molecule has 8 heteroatoms. The van der Waals surface area contributed by atoms with Gasteiger partial charge in [-0.1, -0.05) is 0 Å². The van der Waals surface area contributed by atoms with Crippen molar-refractivity contribution in [3.8, 4) is 11.4 Å². The van der Waals surface area contributed by atoms with Crippen LogP contribution >= 0.6 is 11.3 Å². The second kappa shape index (κ2) is 7.03. The van der Waals surface area contributed by atoms with E-state index in [0.717, 1.165) is 60.9 Å². The number of H-pyrrole nitrogens is 1. The van der Waals surface area contributed by atoms with Gasteiger partial charge in [-0.05, 0) is 44.5 Å². The molecule has 0 saturated carbocycles. The number of hydrogen-bond donors (Lipinski definition) is 2. The lowest BCUT2D eigenvalue weighted by Gasteiger charge is -2.30. The zero-order chi connectivity index (χ0) is 19.1. The fourth-order valence-corrected chi connectivity index (χ4v) is 4.65. The highest BCUT2D eigenvalue weighted by molar-refractivity contribution is 7.07. The summed E-state index contributed by atoms with van der Waals surface area (Å²) in [5.41, 5.74) is 13.3. The van der Waals surface area contributed by atoms with E-state index in [2.05, 4.69) is 42.6 Å². The van der Waals surface area contributed by atoms with Gasteiger partial charge in [0.15, 0.2) is 0 Å². The Morgan fingerprint density at radius 2 is 2.14 bits per heavy atom. The number of imidazole rings is 1. The summed E-state index contributed by atoms with van der Waals surface area (Å²) in [6.07, 6.45) is 7.89. The molecule has 0 aliphatic carbocycles. The molecule has 3 N–H and O–H groups in total. The number of anilines is 1. The quantitative estimate of drug-likeness (QED) is 0.554. The minimum Gasteiger partial charge on any atom is -0.382 e. The van der Waals surface area contributed by atoms with Crippen LogP contribution in [-0.4, -0.2) is 42.3 Å². The molecule has 4 aromatic heterocycles. The number of nitrogens with one attached hydrogen (secondary N) is 1. The van der Waals surface area contributed by atoms with Crippen LogP contribution in [0.2, 0.25) is 0 Å². The summed E-state index contributed by atoms with van der Waals surface area (Å²) in [5, 5.41) is 2.13. The molecule has 0 atom stereocenters. The lowest BCUT2D eigenvalue weighted by atomic mass is 9.96. The third-order valence-electron chi connectivity index (χ3n) is 5.51. The molecule has 144 valence electrons. The Morgan fingerprint density at radius 1 is 1.29 bits per heavy atom. The molecule has 5 heterocycles. The maximum absolute atomic E-state index is 6.24. The van der Waals surface area contributed by atoms with E-state index >= 15 is 0 Å². The number of nitrogens with two attached hydrogens (primary N) is 1. The molecule has 1 aliphatic heterocycles. The van der Waals surface area contributed by atoms with E-state index in [0.29, 0.717) is 11.7 Å². The van der Waals surface area contributed by atoms with Gasteiger partial charge in [0.25, 0.3) is 0 Å². The molecular weight excluding hydrogens is 370 g/mol. The molecule has 0 bridgehead atoms. The molecule has 0 spiro atoms. The van der Waals surface area contributed by atoms with Crippen molar-refractivity contribution in [1.29, 1.82) is 0 Å². The maximum atomic E-state index is 6.24. The number of hydrogen-bond acceptors (Lipinski definition) is 6. The Balaban J connectivity index is 1.44. The average molecular weight is 394 g/mol. The first-order chi connectivity index (χ1) is 13.7. The predicted molar refractivity (Wildman–Crippen MR) is 111 cm³/mol. The number of nitrogen functional groups attached to an aromatic ring is 1. The van der Waals surface area contributed by atoms with Gasteiger partial charge in [0.2, 0.25) is 0 Å². The summed E-state index contributed by atoms with van der Waals surface area (Å²) in [6.45, 7) is 5.10. The van der Waals surface area contributed by atoms with Crippen molar-refractivity contribution >= 4 is 22.7 Å². The largest absolute Gasteiger partial charge is 0.382 e. The zero-order valence-electron chi connectivity index (χ0n) is 15.8. The minimum atomic E-state index is 0.408. The first-order valence-electron chi connectivity index (χ1n) is 9.56. The normalized spacial score (nSPS) is 16.2. The molecule has 0 amide bonds. The lowest BCUT2D eigenvalue weighted by molar-refractivity contribution is 0.200. The Morgan fingerprint density at radius 3 is 2.86 bits per heavy atom. The minimum absolute atomic E-state index is 0.408. The Hall–Kier alpha value is -2.71. The van der Waals surface area contributed by atoms with E-state index in [-0.39, 0.29) is 0 Å². The zero-order valence-corrected chi connectivity index (χ0v) is 16.6. The molecule has 1 aliphatic rings. The average Bonchev–Trinajstić information content (AvgIpc) is 3.43. The summed E-state index contributed by atoms with van der Waals surface area (Å²) >= 11 is 1.66. The molecule has 0 unspecified atom stereocenters. The number of likely N-dealkylation sites (tertiary alicyclic amines) is 1. The molecule has 0 aromatic carbocycles. The highest BCUT2D eigenvalue weighted by Gasteiger charge is 2.27. The summed E-state index contributed by atoms with van der Waals surface area (Å²) in [5.74, 6) is 2.01. The van der Waals surface area contributed by atoms with Crippen LogP contribution in [0.5, 0.6) is 0 Å².